The second-order valence-corrected chi connectivity index (χ2v) is 11.0. The van der Waals surface area contributed by atoms with Crippen LogP contribution in [-0.4, -0.2) is 41.6 Å². The zero-order valence-corrected chi connectivity index (χ0v) is 25.3. The summed E-state index contributed by atoms with van der Waals surface area (Å²) in [6.45, 7) is 0.465. The minimum absolute atomic E-state index is 0.286. The van der Waals surface area contributed by atoms with E-state index in [-0.39, 0.29) is 12.3 Å². The number of aromatic nitrogens is 1. The second-order valence-electron chi connectivity index (χ2n) is 11.0. The number of unbranched alkanes of at least 4 members (excludes halogenated alkanes) is 3. The number of hydroxylamine groups is 1. The molecule has 1 aliphatic rings. The standard InChI is InChI=1S/C34H35FN4O7/c1-44-29-20-26-27(21-30(29)45-19-5-3-2-4-6-31(40)39-43)36-18-15-28(26)46-25-13-11-24(12-14-25)38-33(42)34(16-17-34)32(41)37-23-9-7-22(35)8-10-23/h7-15,18,20-21,43H,2-6,16-17,19H2,1H3,(H,37,41)(H,38,42)(H,39,40). The predicted molar refractivity (Wildman–Crippen MR) is 169 cm³/mol. The van der Waals surface area contributed by atoms with Crippen molar-refractivity contribution in [1.29, 1.82) is 0 Å². The van der Waals surface area contributed by atoms with Gasteiger partial charge in [0.25, 0.3) is 0 Å². The molecule has 0 saturated heterocycles. The first-order valence-corrected chi connectivity index (χ1v) is 15.0. The summed E-state index contributed by atoms with van der Waals surface area (Å²) in [7, 11) is 1.56. The van der Waals surface area contributed by atoms with Crippen LogP contribution in [0.5, 0.6) is 23.0 Å². The van der Waals surface area contributed by atoms with Crippen LogP contribution in [0, 0.1) is 11.2 Å². The van der Waals surface area contributed by atoms with Crippen LogP contribution in [0.25, 0.3) is 10.9 Å². The van der Waals surface area contributed by atoms with Crippen molar-refractivity contribution in [3.05, 3.63) is 78.7 Å². The Morgan fingerprint density at radius 3 is 2.13 bits per heavy atom. The fraction of sp³-hybridized carbons (Fsp3) is 0.294. The van der Waals surface area contributed by atoms with E-state index in [0.29, 0.717) is 71.1 Å². The van der Waals surface area contributed by atoms with E-state index in [9.17, 15) is 18.8 Å². The molecular formula is C34H35FN4O7. The molecule has 1 saturated carbocycles. The van der Waals surface area contributed by atoms with Crippen LogP contribution >= 0.6 is 0 Å². The summed E-state index contributed by atoms with van der Waals surface area (Å²) in [4.78, 5) is 41.4. The third-order valence-electron chi connectivity index (χ3n) is 7.73. The maximum absolute atomic E-state index is 13.2. The summed E-state index contributed by atoms with van der Waals surface area (Å²) in [6, 6.07) is 17.5. The van der Waals surface area contributed by atoms with Crippen molar-refractivity contribution in [3.63, 3.8) is 0 Å². The van der Waals surface area contributed by atoms with Crippen molar-refractivity contribution >= 4 is 40.0 Å². The molecule has 0 aliphatic heterocycles. The number of nitrogens with zero attached hydrogens (tertiary/aromatic N) is 1. The van der Waals surface area contributed by atoms with Gasteiger partial charge in [0.2, 0.25) is 17.7 Å². The van der Waals surface area contributed by atoms with E-state index in [1.807, 2.05) is 0 Å². The highest BCUT2D eigenvalue weighted by Gasteiger charge is 2.56. The van der Waals surface area contributed by atoms with Crippen LogP contribution in [0.3, 0.4) is 0 Å². The van der Waals surface area contributed by atoms with Gasteiger partial charge in [-0.25, -0.2) is 9.87 Å². The molecule has 240 valence electrons. The third-order valence-corrected chi connectivity index (χ3v) is 7.73. The van der Waals surface area contributed by atoms with Gasteiger partial charge in [-0.05, 0) is 86.3 Å². The molecule has 4 N–H and O–H groups in total. The van der Waals surface area contributed by atoms with E-state index in [2.05, 4.69) is 15.6 Å². The molecule has 12 heteroatoms. The number of carbonyl (C=O) groups excluding carboxylic acids is 3. The Labute approximate surface area is 265 Å². The molecule has 5 rings (SSSR count). The number of fused-ring (bicyclic) bond motifs is 1. The topological polar surface area (TPSA) is 148 Å². The number of ether oxygens (including phenoxy) is 3. The highest BCUT2D eigenvalue weighted by molar-refractivity contribution is 6.16. The quantitative estimate of drug-likeness (QED) is 0.0513. The SMILES string of the molecule is COc1cc2c(Oc3ccc(NC(=O)C4(C(=O)Nc5ccc(F)cc5)CC4)cc3)ccnc2cc1OCCCCCCC(=O)NO. The van der Waals surface area contributed by atoms with Gasteiger partial charge in [0, 0.05) is 35.4 Å². The van der Waals surface area contributed by atoms with Crippen molar-refractivity contribution in [3.8, 4) is 23.0 Å². The summed E-state index contributed by atoms with van der Waals surface area (Å²) in [5.74, 6) is 0.531. The van der Waals surface area contributed by atoms with Crippen molar-refractivity contribution in [2.45, 2.75) is 44.9 Å². The first-order chi connectivity index (χ1) is 22.3. The highest BCUT2D eigenvalue weighted by atomic mass is 19.1. The molecule has 3 aromatic carbocycles. The third kappa shape index (κ3) is 7.88. The Hall–Kier alpha value is -5.23. The number of benzene rings is 3. The van der Waals surface area contributed by atoms with Gasteiger partial charge in [-0.2, -0.15) is 0 Å². The summed E-state index contributed by atoms with van der Waals surface area (Å²) in [5, 5.41) is 14.8. The largest absolute Gasteiger partial charge is 0.493 e. The van der Waals surface area contributed by atoms with Gasteiger partial charge >= 0.3 is 0 Å². The zero-order valence-electron chi connectivity index (χ0n) is 25.3. The first-order valence-electron chi connectivity index (χ1n) is 15.0. The Balaban J connectivity index is 1.17. The van der Waals surface area contributed by atoms with Gasteiger partial charge in [0.1, 0.15) is 22.7 Å². The van der Waals surface area contributed by atoms with Crippen LogP contribution in [0.4, 0.5) is 15.8 Å². The molecule has 0 atom stereocenters. The number of hydrogen-bond donors (Lipinski definition) is 4. The van der Waals surface area contributed by atoms with E-state index in [1.54, 1.807) is 61.3 Å². The highest BCUT2D eigenvalue weighted by Crippen LogP contribution is 2.47. The lowest BCUT2D eigenvalue weighted by atomic mass is 10.0. The molecule has 11 nitrogen and oxygen atoms in total. The van der Waals surface area contributed by atoms with E-state index in [1.165, 1.54) is 24.3 Å². The average Bonchev–Trinajstić information content (AvgIpc) is 3.88. The van der Waals surface area contributed by atoms with Gasteiger partial charge in [-0.15, -0.1) is 0 Å². The van der Waals surface area contributed by atoms with Crippen molar-refractivity contribution < 1.29 is 38.2 Å². The van der Waals surface area contributed by atoms with E-state index in [0.717, 1.165) is 19.3 Å². The monoisotopic (exact) mass is 630 g/mol. The Morgan fingerprint density at radius 2 is 1.50 bits per heavy atom. The Kier molecular flexibility index (Phi) is 10.3. The van der Waals surface area contributed by atoms with E-state index >= 15 is 0 Å². The molecule has 1 aromatic heterocycles. The lowest BCUT2D eigenvalue weighted by molar-refractivity contribution is -0.131. The number of nitrogens with one attached hydrogen (secondary N) is 3. The number of rotatable bonds is 15. The fourth-order valence-electron chi connectivity index (χ4n) is 4.92. The molecule has 1 aliphatic carbocycles. The minimum Gasteiger partial charge on any atom is -0.493 e. The van der Waals surface area contributed by atoms with Crippen LogP contribution in [-0.2, 0) is 14.4 Å². The number of amides is 3. The summed E-state index contributed by atoms with van der Waals surface area (Å²) in [6.07, 6.45) is 5.97. The normalized spacial score (nSPS) is 13.0. The number of carbonyl (C=O) groups is 3. The maximum atomic E-state index is 13.2. The number of methoxy groups -OCH3 is 1. The van der Waals surface area contributed by atoms with Crippen LogP contribution < -0.4 is 30.3 Å². The molecule has 46 heavy (non-hydrogen) atoms. The number of anilines is 2. The second kappa shape index (κ2) is 14.7. The van der Waals surface area contributed by atoms with Gasteiger partial charge < -0.3 is 24.8 Å². The zero-order chi connectivity index (χ0) is 32.5. The van der Waals surface area contributed by atoms with Crippen LogP contribution in [0.1, 0.15) is 44.9 Å². The van der Waals surface area contributed by atoms with Gasteiger partial charge in [0.05, 0.1) is 19.2 Å². The van der Waals surface area contributed by atoms with E-state index < -0.39 is 23.0 Å². The Bertz CT molecular complexity index is 1690. The average molecular weight is 631 g/mol. The summed E-state index contributed by atoms with van der Waals surface area (Å²) < 4.78 is 30.9. The fourth-order valence-corrected chi connectivity index (χ4v) is 4.92. The lowest BCUT2D eigenvalue weighted by Crippen LogP contribution is -2.35. The smallest absolute Gasteiger partial charge is 0.243 e. The van der Waals surface area contributed by atoms with Crippen LogP contribution in [0.2, 0.25) is 0 Å². The molecule has 0 radical (unpaired) electrons. The molecule has 1 fully saturated rings. The summed E-state index contributed by atoms with van der Waals surface area (Å²) in [5.41, 5.74) is 2.06. The number of pyridine rings is 1. The molecule has 0 spiro atoms. The molecule has 1 heterocycles. The molecular weight excluding hydrogens is 595 g/mol. The molecule has 4 aromatic rings. The molecule has 3 amide bonds. The van der Waals surface area contributed by atoms with Crippen molar-refractivity contribution in [2.24, 2.45) is 5.41 Å². The van der Waals surface area contributed by atoms with Crippen LogP contribution in [0.15, 0.2) is 72.9 Å². The Morgan fingerprint density at radius 1 is 0.848 bits per heavy atom. The first kappa shape index (κ1) is 32.2. The van der Waals surface area contributed by atoms with Gasteiger partial charge in [-0.1, -0.05) is 12.8 Å². The number of hydrogen-bond acceptors (Lipinski definition) is 8. The minimum atomic E-state index is -1.17. The maximum Gasteiger partial charge on any atom is 0.243 e. The van der Waals surface area contributed by atoms with E-state index in [4.69, 9.17) is 19.4 Å². The van der Waals surface area contributed by atoms with Gasteiger partial charge in [0.15, 0.2) is 11.5 Å². The number of halogens is 1. The van der Waals surface area contributed by atoms with Crippen molar-refractivity contribution in [2.75, 3.05) is 24.4 Å². The molecule has 0 unspecified atom stereocenters. The van der Waals surface area contributed by atoms with Crippen molar-refractivity contribution in [1.82, 2.24) is 10.5 Å². The lowest BCUT2D eigenvalue weighted by Gasteiger charge is -2.16. The summed E-state index contributed by atoms with van der Waals surface area (Å²) >= 11 is 0. The molecule has 0 bridgehead atoms. The van der Waals surface area contributed by atoms with Gasteiger partial charge in [-0.3, -0.25) is 24.6 Å². The predicted octanol–water partition coefficient (Wildman–Crippen LogP) is 6.37.